The molecule has 0 aromatic heterocycles. The molecular formula is C14H28N2O. The van der Waals surface area contributed by atoms with Gasteiger partial charge in [0, 0.05) is 37.9 Å². The molecule has 1 spiro atoms. The van der Waals surface area contributed by atoms with Gasteiger partial charge in [0.05, 0.1) is 0 Å². The zero-order chi connectivity index (χ0) is 12.1. The fourth-order valence-electron chi connectivity index (χ4n) is 3.37. The maximum Gasteiger partial charge on any atom is 0.0478 e. The highest BCUT2D eigenvalue weighted by atomic mass is 16.5. The molecule has 2 heterocycles. The lowest BCUT2D eigenvalue weighted by Crippen LogP contribution is -2.56. The zero-order valence-corrected chi connectivity index (χ0v) is 11.5. The van der Waals surface area contributed by atoms with Crippen LogP contribution in [0.3, 0.4) is 0 Å². The lowest BCUT2D eigenvalue weighted by molar-refractivity contribution is 0.0756. The van der Waals surface area contributed by atoms with Gasteiger partial charge in [0.15, 0.2) is 0 Å². The van der Waals surface area contributed by atoms with Gasteiger partial charge in [-0.1, -0.05) is 0 Å². The van der Waals surface area contributed by atoms with Gasteiger partial charge in [-0.05, 0) is 52.5 Å². The maximum absolute atomic E-state index is 5.44. The third-order valence-corrected chi connectivity index (χ3v) is 4.48. The molecule has 0 bridgehead atoms. The van der Waals surface area contributed by atoms with E-state index in [2.05, 4.69) is 24.1 Å². The van der Waals surface area contributed by atoms with E-state index >= 15 is 0 Å². The number of piperidine rings is 1. The molecule has 100 valence electrons. The van der Waals surface area contributed by atoms with Crippen LogP contribution in [0.2, 0.25) is 0 Å². The smallest absolute Gasteiger partial charge is 0.0478 e. The highest BCUT2D eigenvalue weighted by Crippen LogP contribution is 2.35. The Labute approximate surface area is 106 Å². The molecule has 1 N–H and O–H groups in total. The van der Waals surface area contributed by atoms with Gasteiger partial charge in [0.25, 0.3) is 0 Å². The van der Waals surface area contributed by atoms with Gasteiger partial charge in [-0.25, -0.2) is 0 Å². The molecule has 3 heteroatoms. The quantitative estimate of drug-likeness (QED) is 0.744. The number of ether oxygens (including phenoxy) is 1. The molecule has 17 heavy (non-hydrogen) atoms. The van der Waals surface area contributed by atoms with E-state index in [1.165, 1.54) is 51.7 Å². The van der Waals surface area contributed by atoms with Crippen molar-refractivity contribution < 1.29 is 4.74 Å². The SMILES string of the molecule is CCOCCCN1CCCC12CCC(C)NC2. The van der Waals surface area contributed by atoms with Crippen LogP contribution in [-0.4, -0.2) is 49.3 Å². The molecule has 2 unspecified atom stereocenters. The van der Waals surface area contributed by atoms with Crippen LogP contribution in [0.4, 0.5) is 0 Å². The monoisotopic (exact) mass is 240 g/mol. The van der Waals surface area contributed by atoms with Crippen molar-refractivity contribution in [3.05, 3.63) is 0 Å². The Bertz CT molecular complexity index is 224. The largest absolute Gasteiger partial charge is 0.382 e. The predicted octanol–water partition coefficient (Wildman–Crippen LogP) is 2.02. The molecule has 2 aliphatic rings. The zero-order valence-electron chi connectivity index (χ0n) is 11.5. The molecule has 0 amide bonds. The van der Waals surface area contributed by atoms with Gasteiger partial charge >= 0.3 is 0 Å². The first-order valence-corrected chi connectivity index (χ1v) is 7.33. The topological polar surface area (TPSA) is 24.5 Å². The van der Waals surface area contributed by atoms with E-state index in [9.17, 15) is 0 Å². The van der Waals surface area contributed by atoms with Crippen molar-refractivity contribution in [2.75, 3.05) is 32.8 Å². The summed E-state index contributed by atoms with van der Waals surface area (Å²) in [5.41, 5.74) is 0.485. The Morgan fingerprint density at radius 2 is 2.29 bits per heavy atom. The van der Waals surface area contributed by atoms with E-state index < -0.39 is 0 Å². The number of hydrogen-bond donors (Lipinski definition) is 1. The second-order valence-corrected chi connectivity index (χ2v) is 5.69. The second kappa shape index (κ2) is 6.17. The van der Waals surface area contributed by atoms with E-state index in [0.717, 1.165) is 13.2 Å². The van der Waals surface area contributed by atoms with Gasteiger partial charge in [-0.15, -0.1) is 0 Å². The summed E-state index contributed by atoms with van der Waals surface area (Å²) < 4.78 is 5.44. The van der Waals surface area contributed by atoms with Crippen molar-refractivity contribution in [1.82, 2.24) is 10.2 Å². The number of nitrogens with zero attached hydrogens (tertiary/aromatic N) is 1. The minimum Gasteiger partial charge on any atom is -0.382 e. The minimum absolute atomic E-state index is 0.485. The van der Waals surface area contributed by atoms with Crippen LogP contribution in [0.5, 0.6) is 0 Å². The summed E-state index contributed by atoms with van der Waals surface area (Å²) >= 11 is 0. The highest BCUT2D eigenvalue weighted by molar-refractivity contribution is 5.00. The molecule has 3 nitrogen and oxygen atoms in total. The molecule has 0 aromatic carbocycles. The van der Waals surface area contributed by atoms with Crippen LogP contribution in [0.25, 0.3) is 0 Å². The van der Waals surface area contributed by atoms with Crippen molar-refractivity contribution in [2.45, 2.75) is 57.5 Å². The summed E-state index contributed by atoms with van der Waals surface area (Å²) in [6, 6.07) is 0.714. The first-order chi connectivity index (χ1) is 8.27. The first-order valence-electron chi connectivity index (χ1n) is 7.33. The Kier molecular flexibility index (Phi) is 4.83. The van der Waals surface area contributed by atoms with Crippen LogP contribution >= 0.6 is 0 Å². The number of rotatable bonds is 5. The summed E-state index contributed by atoms with van der Waals surface area (Å²) in [6.45, 7) is 9.86. The van der Waals surface area contributed by atoms with E-state index in [4.69, 9.17) is 4.74 Å². The molecule has 2 saturated heterocycles. The molecule has 2 fully saturated rings. The number of nitrogens with one attached hydrogen (secondary N) is 1. The van der Waals surface area contributed by atoms with E-state index in [1.54, 1.807) is 0 Å². The van der Waals surface area contributed by atoms with Gasteiger partial charge < -0.3 is 10.1 Å². The number of likely N-dealkylation sites (tertiary alicyclic amines) is 1. The standard InChI is InChI=1S/C14H28N2O/c1-3-17-11-5-10-16-9-4-7-14(16)8-6-13(2)15-12-14/h13,15H,3-12H2,1-2H3. The predicted molar refractivity (Wildman–Crippen MR) is 71.3 cm³/mol. The Morgan fingerprint density at radius 3 is 3.00 bits per heavy atom. The molecule has 0 aromatic rings. The van der Waals surface area contributed by atoms with Crippen molar-refractivity contribution in [3.63, 3.8) is 0 Å². The average Bonchev–Trinajstić information content (AvgIpc) is 2.72. The lowest BCUT2D eigenvalue weighted by Gasteiger charge is -2.44. The second-order valence-electron chi connectivity index (χ2n) is 5.69. The Hall–Kier alpha value is -0.120. The average molecular weight is 240 g/mol. The van der Waals surface area contributed by atoms with Crippen molar-refractivity contribution in [3.8, 4) is 0 Å². The molecule has 0 saturated carbocycles. The van der Waals surface area contributed by atoms with Gasteiger partial charge in [0.1, 0.15) is 0 Å². The summed E-state index contributed by atoms with van der Waals surface area (Å²) in [7, 11) is 0. The molecular weight excluding hydrogens is 212 g/mol. The van der Waals surface area contributed by atoms with Crippen molar-refractivity contribution in [2.24, 2.45) is 0 Å². The molecule has 2 atom stereocenters. The summed E-state index contributed by atoms with van der Waals surface area (Å²) in [5.74, 6) is 0. The normalized spacial score (nSPS) is 34.6. The Morgan fingerprint density at radius 1 is 1.41 bits per heavy atom. The van der Waals surface area contributed by atoms with Crippen LogP contribution in [-0.2, 0) is 4.74 Å². The highest BCUT2D eigenvalue weighted by Gasteiger charge is 2.42. The fraction of sp³-hybridized carbons (Fsp3) is 1.00. The van der Waals surface area contributed by atoms with Crippen LogP contribution in [0.15, 0.2) is 0 Å². The summed E-state index contributed by atoms with van der Waals surface area (Å²) in [4.78, 5) is 2.73. The van der Waals surface area contributed by atoms with Gasteiger partial charge in [-0.3, -0.25) is 4.90 Å². The molecule has 2 aliphatic heterocycles. The van der Waals surface area contributed by atoms with Crippen LogP contribution < -0.4 is 5.32 Å². The lowest BCUT2D eigenvalue weighted by atomic mass is 9.85. The maximum atomic E-state index is 5.44. The van der Waals surface area contributed by atoms with E-state index in [1.807, 2.05) is 0 Å². The van der Waals surface area contributed by atoms with Gasteiger partial charge in [-0.2, -0.15) is 0 Å². The Balaban J connectivity index is 1.80. The fourth-order valence-corrected chi connectivity index (χ4v) is 3.37. The van der Waals surface area contributed by atoms with Gasteiger partial charge in [0.2, 0.25) is 0 Å². The van der Waals surface area contributed by atoms with E-state index in [0.29, 0.717) is 11.6 Å². The number of hydrogen-bond acceptors (Lipinski definition) is 3. The molecule has 0 radical (unpaired) electrons. The summed E-state index contributed by atoms with van der Waals surface area (Å²) in [5, 5.41) is 3.67. The van der Waals surface area contributed by atoms with Crippen molar-refractivity contribution >= 4 is 0 Å². The minimum atomic E-state index is 0.485. The summed E-state index contributed by atoms with van der Waals surface area (Å²) in [6.07, 6.45) is 6.68. The third kappa shape index (κ3) is 3.21. The molecule has 2 rings (SSSR count). The van der Waals surface area contributed by atoms with Crippen molar-refractivity contribution in [1.29, 1.82) is 0 Å². The first kappa shape index (κ1) is 13.3. The van der Waals surface area contributed by atoms with Crippen LogP contribution in [0, 0.1) is 0 Å². The third-order valence-electron chi connectivity index (χ3n) is 4.48. The van der Waals surface area contributed by atoms with E-state index in [-0.39, 0.29) is 0 Å². The molecule has 0 aliphatic carbocycles. The van der Waals surface area contributed by atoms with Crippen LogP contribution in [0.1, 0.15) is 46.0 Å².